The predicted octanol–water partition coefficient (Wildman–Crippen LogP) is 1.30. The van der Waals surface area contributed by atoms with Gasteiger partial charge in [-0.1, -0.05) is 12.1 Å². The summed E-state index contributed by atoms with van der Waals surface area (Å²) in [5.74, 6) is -1.40. The highest BCUT2D eigenvalue weighted by Crippen LogP contribution is 2.06. The number of nitrogens with two attached hydrogens (primary N) is 1. The van der Waals surface area contributed by atoms with E-state index in [0.29, 0.717) is 6.42 Å². The summed E-state index contributed by atoms with van der Waals surface area (Å²) in [6.07, 6.45) is 1.25. The normalized spacial score (nSPS) is 11.4. The van der Waals surface area contributed by atoms with Crippen LogP contribution in [0.3, 0.4) is 0 Å². The zero-order valence-corrected chi connectivity index (χ0v) is 7.40. The molecule has 0 aliphatic heterocycles. The quantitative estimate of drug-likeness (QED) is 0.714. The van der Waals surface area contributed by atoms with Crippen LogP contribution in [0.2, 0.25) is 0 Å². The first kappa shape index (κ1) is 10.2. The zero-order valence-electron chi connectivity index (χ0n) is 7.40. The average Bonchev–Trinajstić information content (AvgIpc) is 2.07. The molecule has 0 aliphatic rings. The fraction of sp³-hybridized carbons (Fsp3) is 0.100. The van der Waals surface area contributed by atoms with Crippen molar-refractivity contribution in [1.29, 1.82) is 0 Å². The number of carbonyl (C=O) groups is 1. The smallest absolute Gasteiger partial charge is 0.330 e. The topological polar surface area (TPSA) is 63.3 Å². The van der Waals surface area contributed by atoms with Crippen LogP contribution in [0.25, 0.3) is 0 Å². The summed E-state index contributed by atoms with van der Waals surface area (Å²) in [6, 6.07) is 5.75. The van der Waals surface area contributed by atoms with Crippen molar-refractivity contribution in [2.75, 3.05) is 0 Å². The number of hydrogen-bond donors (Lipinski definition) is 2. The molecule has 0 unspecified atom stereocenters. The van der Waals surface area contributed by atoms with Crippen LogP contribution >= 0.6 is 0 Å². The van der Waals surface area contributed by atoms with E-state index in [4.69, 9.17) is 10.8 Å². The van der Waals surface area contributed by atoms with E-state index in [0.717, 1.165) is 11.6 Å². The number of rotatable bonds is 3. The summed E-state index contributed by atoms with van der Waals surface area (Å²) in [6.45, 7) is 0. The molecule has 0 amide bonds. The molecule has 0 saturated carbocycles. The molecule has 1 aromatic carbocycles. The molecule has 74 valence electrons. The molecule has 14 heavy (non-hydrogen) atoms. The lowest BCUT2D eigenvalue weighted by atomic mass is 10.1. The summed E-state index contributed by atoms with van der Waals surface area (Å²) in [5, 5.41) is 8.39. The minimum atomic E-state index is -1.08. The molecule has 0 aromatic heterocycles. The average molecular weight is 195 g/mol. The van der Waals surface area contributed by atoms with Crippen LogP contribution in [0.5, 0.6) is 0 Å². The van der Waals surface area contributed by atoms with Gasteiger partial charge in [-0.25, -0.2) is 9.18 Å². The van der Waals surface area contributed by atoms with Gasteiger partial charge in [0.25, 0.3) is 0 Å². The van der Waals surface area contributed by atoms with Gasteiger partial charge < -0.3 is 10.8 Å². The lowest BCUT2D eigenvalue weighted by Crippen LogP contribution is -2.04. The Labute approximate surface area is 80.7 Å². The first-order valence-corrected chi connectivity index (χ1v) is 4.01. The number of carboxylic acid groups (broad SMARTS) is 1. The molecule has 4 heteroatoms. The van der Waals surface area contributed by atoms with Crippen molar-refractivity contribution in [3.8, 4) is 0 Å². The molecule has 0 bridgehead atoms. The number of allylic oxidation sites excluding steroid dienone is 1. The van der Waals surface area contributed by atoms with Gasteiger partial charge in [0.15, 0.2) is 0 Å². The minimum Gasteiger partial charge on any atom is -0.478 e. The summed E-state index contributed by atoms with van der Waals surface area (Å²) in [4.78, 5) is 10.2. The minimum absolute atomic E-state index is 0.240. The van der Waals surface area contributed by atoms with E-state index >= 15 is 0 Å². The molecule has 0 spiro atoms. The van der Waals surface area contributed by atoms with Crippen molar-refractivity contribution in [1.82, 2.24) is 0 Å². The molecule has 0 heterocycles. The number of halogens is 1. The van der Waals surface area contributed by atoms with E-state index in [-0.39, 0.29) is 11.5 Å². The van der Waals surface area contributed by atoms with Gasteiger partial charge in [0, 0.05) is 18.2 Å². The Balaban J connectivity index is 2.69. The van der Waals surface area contributed by atoms with Gasteiger partial charge in [0.1, 0.15) is 5.82 Å². The van der Waals surface area contributed by atoms with Crippen molar-refractivity contribution in [3.05, 3.63) is 47.4 Å². The van der Waals surface area contributed by atoms with E-state index in [9.17, 15) is 9.18 Å². The van der Waals surface area contributed by atoms with Crippen molar-refractivity contribution < 1.29 is 14.3 Å². The third kappa shape index (κ3) is 3.26. The highest BCUT2D eigenvalue weighted by atomic mass is 19.1. The van der Waals surface area contributed by atoms with E-state index in [1.54, 1.807) is 12.1 Å². The Morgan fingerprint density at radius 2 is 2.00 bits per heavy atom. The van der Waals surface area contributed by atoms with Crippen LogP contribution in [-0.4, -0.2) is 11.1 Å². The van der Waals surface area contributed by atoms with Crippen molar-refractivity contribution in [2.24, 2.45) is 5.73 Å². The second-order valence-corrected chi connectivity index (χ2v) is 2.86. The molecule has 3 nitrogen and oxygen atoms in total. The maximum Gasteiger partial charge on any atom is 0.330 e. The summed E-state index contributed by atoms with van der Waals surface area (Å²) < 4.78 is 12.5. The Hall–Kier alpha value is -1.84. The standard InChI is InChI=1S/C10H10FNO2/c11-8-3-1-7(2-4-8)5-9(12)6-10(13)14/h1-4,6H,5,12H2,(H,13,14). The van der Waals surface area contributed by atoms with Gasteiger partial charge in [-0.2, -0.15) is 0 Å². The van der Waals surface area contributed by atoms with Gasteiger partial charge in [0.2, 0.25) is 0 Å². The summed E-state index contributed by atoms with van der Waals surface area (Å²) >= 11 is 0. The monoisotopic (exact) mass is 195 g/mol. The van der Waals surface area contributed by atoms with Crippen molar-refractivity contribution in [3.63, 3.8) is 0 Å². The molecule has 0 fully saturated rings. The SMILES string of the molecule is NC(=CC(=O)O)Cc1ccc(F)cc1. The Kier molecular flexibility index (Phi) is 3.23. The number of carboxylic acids is 1. The van der Waals surface area contributed by atoms with Gasteiger partial charge in [0.05, 0.1) is 0 Å². The molecular formula is C10H10FNO2. The maximum absolute atomic E-state index is 12.5. The number of aliphatic carboxylic acids is 1. The Bertz CT molecular complexity index is 357. The maximum atomic E-state index is 12.5. The van der Waals surface area contributed by atoms with Crippen molar-refractivity contribution >= 4 is 5.97 Å². The Morgan fingerprint density at radius 3 is 2.50 bits per heavy atom. The first-order valence-electron chi connectivity index (χ1n) is 4.01. The van der Waals surface area contributed by atoms with E-state index in [1.807, 2.05) is 0 Å². The third-order valence-electron chi connectivity index (χ3n) is 1.63. The zero-order chi connectivity index (χ0) is 10.6. The molecule has 1 rings (SSSR count). The summed E-state index contributed by atoms with van der Waals surface area (Å²) in [7, 11) is 0. The predicted molar refractivity (Wildman–Crippen MR) is 50.0 cm³/mol. The molecule has 0 saturated heterocycles. The Morgan fingerprint density at radius 1 is 1.43 bits per heavy atom. The molecular weight excluding hydrogens is 185 g/mol. The van der Waals surface area contributed by atoms with E-state index in [1.165, 1.54) is 12.1 Å². The van der Waals surface area contributed by atoms with Gasteiger partial charge >= 0.3 is 5.97 Å². The second-order valence-electron chi connectivity index (χ2n) is 2.86. The molecule has 3 N–H and O–H groups in total. The fourth-order valence-electron chi connectivity index (χ4n) is 1.05. The second kappa shape index (κ2) is 4.41. The first-order chi connectivity index (χ1) is 6.58. The number of hydrogen-bond acceptors (Lipinski definition) is 2. The van der Waals surface area contributed by atoms with Crippen LogP contribution in [0, 0.1) is 5.82 Å². The largest absolute Gasteiger partial charge is 0.478 e. The van der Waals surface area contributed by atoms with Crippen LogP contribution in [0.1, 0.15) is 5.56 Å². The van der Waals surface area contributed by atoms with Gasteiger partial charge in [-0.05, 0) is 17.7 Å². The lowest BCUT2D eigenvalue weighted by Gasteiger charge is -2.00. The third-order valence-corrected chi connectivity index (χ3v) is 1.63. The van der Waals surface area contributed by atoms with Gasteiger partial charge in [-0.3, -0.25) is 0 Å². The lowest BCUT2D eigenvalue weighted by molar-refractivity contribution is -0.131. The van der Waals surface area contributed by atoms with Crippen LogP contribution < -0.4 is 5.73 Å². The van der Waals surface area contributed by atoms with Crippen LogP contribution in [0.4, 0.5) is 4.39 Å². The fourth-order valence-corrected chi connectivity index (χ4v) is 1.05. The molecule has 0 aliphatic carbocycles. The van der Waals surface area contributed by atoms with E-state index < -0.39 is 5.97 Å². The number of benzene rings is 1. The van der Waals surface area contributed by atoms with Crippen molar-refractivity contribution in [2.45, 2.75) is 6.42 Å². The molecule has 0 atom stereocenters. The highest BCUT2D eigenvalue weighted by Gasteiger charge is 1.98. The summed E-state index contributed by atoms with van der Waals surface area (Å²) in [5.41, 5.74) is 6.45. The molecule has 0 radical (unpaired) electrons. The van der Waals surface area contributed by atoms with E-state index in [2.05, 4.69) is 0 Å². The van der Waals surface area contributed by atoms with Crippen LogP contribution in [0.15, 0.2) is 36.0 Å². The molecule has 1 aromatic rings. The van der Waals surface area contributed by atoms with Gasteiger partial charge in [-0.15, -0.1) is 0 Å². The van der Waals surface area contributed by atoms with Crippen LogP contribution in [-0.2, 0) is 11.2 Å². The highest BCUT2D eigenvalue weighted by molar-refractivity contribution is 5.80.